The van der Waals surface area contributed by atoms with Crippen LogP contribution in [0, 0.1) is 5.92 Å². The van der Waals surface area contributed by atoms with Crippen molar-refractivity contribution in [2.24, 2.45) is 5.92 Å². The van der Waals surface area contributed by atoms with Crippen molar-refractivity contribution in [3.05, 3.63) is 35.9 Å². The van der Waals surface area contributed by atoms with Crippen LogP contribution in [0.1, 0.15) is 19.4 Å². The molecule has 2 rings (SSSR count). The van der Waals surface area contributed by atoms with Crippen LogP contribution in [0.15, 0.2) is 30.3 Å². The van der Waals surface area contributed by atoms with Crippen LogP contribution in [-0.2, 0) is 6.54 Å². The first kappa shape index (κ1) is 10.7. The van der Waals surface area contributed by atoms with Crippen LogP contribution in [0.3, 0.4) is 0 Å². The molecular formula is C13H19NO. The number of β-amino-alcohol motifs (C(OH)–C–C–N with tert-alkyl or cyclic N) is 1. The molecule has 0 amide bonds. The molecule has 1 aromatic rings. The summed E-state index contributed by atoms with van der Waals surface area (Å²) in [5, 5.41) is 10.1. The lowest BCUT2D eigenvalue weighted by Crippen LogP contribution is -2.32. The Morgan fingerprint density at radius 3 is 2.60 bits per heavy atom. The molecule has 1 fully saturated rings. The van der Waals surface area contributed by atoms with Crippen LogP contribution in [0.25, 0.3) is 0 Å². The molecule has 1 saturated heterocycles. The molecule has 0 radical (unpaired) electrons. The van der Waals surface area contributed by atoms with Gasteiger partial charge in [0.15, 0.2) is 0 Å². The van der Waals surface area contributed by atoms with Crippen molar-refractivity contribution in [3.63, 3.8) is 0 Å². The van der Waals surface area contributed by atoms with Gasteiger partial charge in [-0.1, -0.05) is 37.3 Å². The maximum absolute atomic E-state index is 10.1. The monoisotopic (exact) mass is 205 g/mol. The number of rotatable bonds is 2. The van der Waals surface area contributed by atoms with Crippen LogP contribution in [0.2, 0.25) is 0 Å². The zero-order chi connectivity index (χ0) is 10.9. The number of nitrogens with zero attached hydrogens (tertiary/aromatic N) is 1. The Bertz CT molecular complexity index is 321. The molecule has 15 heavy (non-hydrogen) atoms. The number of benzene rings is 1. The van der Waals surface area contributed by atoms with Gasteiger partial charge in [0, 0.05) is 19.6 Å². The van der Waals surface area contributed by atoms with Gasteiger partial charge in [0.25, 0.3) is 0 Å². The zero-order valence-electron chi connectivity index (χ0n) is 9.48. The van der Waals surface area contributed by atoms with E-state index in [1.807, 2.05) is 13.0 Å². The van der Waals surface area contributed by atoms with Crippen LogP contribution in [0.4, 0.5) is 0 Å². The van der Waals surface area contributed by atoms with Crippen LogP contribution in [-0.4, -0.2) is 28.7 Å². The summed E-state index contributed by atoms with van der Waals surface area (Å²) in [6, 6.07) is 10.4. The van der Waals surface area contributed by atoms with Gasteiger partial charge in [-0.3, -0.25) is 4.90 Å². The van der Waals surface area contributed by atoms with Crippen LogP contribution in [0.5, 0.6) is 0 Å². The minimum Gasteiger partial charge on any atom is -0.389 e. The fraction of sp³-hybridized carbons (Fsp3) is 0.538. The van der Waals surface area contributed by atoms with Crippen molar-refractivity contribution in [1.82, 2.24) is 4.90 Å². The molecule has 0 aromatic heterocycles. The highest BCUT2D eigenvalue weighted by molar-refractivity contribution is 5.15. The van der Waals surface area contributed by atoms with E-state index < -0.39 is 5.60 Å². The topological polar surface area (TPSA) is 23.5 Å². The van der Waals surface area contributed by atoms with Crippen molar-refractivity contribution in [1.29, 1.82) is 0 Å². The molecule has 1 N–H and O–H groups in total. The van der Waals surface area contributed by atoms with E-state index in [1.165, 1.54) is 5.56 Å². The Kier molecular flexibility index (Phi) is 2.81. The molecule has 1 heterocycles. The van der Waals surface area contributed by atoms with Crippen molar-refractivity contribution in [2.45, 2.75) is 26.0 Å². The second kappa shape index (κ2) is 3.95. The molecule has 0 spiro atoms. The maximum Gasteiger partial charge on any atom is 0.0783 e. The quantitative estimate of drug-likeness (QED) is 0.797. The summed E-state index contributed by atoms with van der Waals surface area (Å²) < 4.78 is 0. The van der Waals surface area contributed by atoms with Crippen LogP contribution < -0.4 is 0 Å². The highest BCUT2D eigenvalue weighted by atomic mass is 16.3. The first-order chi connectivity index (χ1) is 7.08. The molecule has 0 aliphatic carbocycles. The minimum absolute atomic E-state index is 0.362. The second-order valence-electron chi connectivity index (χ2n) is 4.91. The Labute approximate surface area is 91.5 Å². The van der Waals surface area contributed by atoms with Crippen molar-refractivity contribution in [3.8, 4) is 0 Å². The molecule has 1 aromatic carbocycles. The van der Waals surface area contributed by atoms with Gasteiger partial charge in [-0.2, -0.15) is 0 Å². The molecule has 1 aliphatic rings. The lowest BCUT2D eigenvalue weighted by atomic mass is 9.95. The predicted molar refractivity (Wildman–Crippen MR) is 61.5 cm³/mol. The first-order valence-corrected chi connectivity index (χ1v) is 5.56. The van der Waals surface area contributed by atoms with Gasteiger partial charge in [0.1, 0.15) is 0 Å². The molecule has 2 heteroatoms. The number of hydrogen-bond donors (Lipinski definition) is 1. The molecule has 2 atom stereocenters. The van der Waals surface area contributed by atoms with E-state index in [0.717, 1.165) is 19.6 Å². The maximum atomic E-state index is 10.1. The van der Waals surface area contributed by atoms with Gasteiger partial charge in [-0.25, -0.2) is 0 Å². The van der Waals surface area contributed by atoms with E-state index in [0.29, 0.717) is 5.92 Å². The molecule has 82 valence electrons. The number of hydrogen-bond acceptors (Lipinski definition) is 2. The van der Waals surface area contributed by atoms with Gasteiger partial charge >= 0.3 is 0 Å². The third-order valence-corrected chi connectivity index (χ3v) is 3.39. The lowest BCUT2D eigenvalue weighted by molar-refractivity contribution is 0.0364. The van der Waals surface area contributed by atoms with Gasteiger partial charge in [0.05, 0.1) is 5.60 Å². The molecule has 0 unspecified atom stereocenters. The SMILES string of the molecule is C[C@H]1CN(Cc2ccccc2)C[C@]1(C)O. The van der Waals surface area contributed by atoms with E-state index in [2.05, 4.69) is 36.1 Å². The zero-order valence-corrected chi connectivity index (χ0v) is 9.48. The van der Waals surface area contributed by atoms with E-state index in [4.69, 9.17) is 0 Å². The Morgan fingerprint density at radius 2 is 2.07 bits per heavy atom. The van der Waals surface area contributed by atoms with Gasteiger partial charge < -0.3 is 5.11 Å². The van der Waals surface area contributed by atoms with Gasteiger partial charge in [0.2, 0.25) is 0 Å². The largest absolute Gasteiger partial charge is 0.389 e. The van der Waals surface area contributed by atoms with Crippen molar-refractivity contribution >= 4 is 0 Å². The fourth-order valence-corrected chi connectivity index (χ4v) is 2.22. The third-order valence-electron chi connectivity index (χ3n) is 3.39. The molecular weight excluding hydrogens is 186 g/mol. The van der Waals surface area contributed by atoms with Crippen molar-refractivity contribution < 1.29 is 5.11 Å². The fourth-order valence-electron chi connectivity index (χ4n) is 2.22. The summed E-state index contributed by atoms with van der Waals surface area (Å²) in [7, 11) is 0. The summed E-state index contributed by atoms with van der Waals surface area (Å²) in [5.41, 5.74) is 0.803. The normalized spacial score (nSPS) is 32.1. The molecule has 0 saturated carbocycles. The Morgan fingerprint density at radius 1 is 1.40 bits per heavy atom. The Hall–Kier alpha value is -0.860. The summed E-state index contributed by atoms with van der Waals surface area (Å²) in [6.07, 6.45) is 0. The standard InChI is InChI=1S/C13H19NO/c1-11-8-14(10-13(11,2)15)9-12-6-4-3-5-7-12/h3-7,11,15H,8-10H2,1-2H3/t11-,13-/m0/s1. The summed E-state index contributed by atoms with van der Waals surface area (Å²) in [4.78, 5) is 2.32. The first-order valence-electron chi connectivity index (χ1n) is 5.56. The molecule has 0 bridgehead atoms. The smallest absolute Gasteiger partial charge is 0.0783 e. The van der Waals surface area contributed by atoms with Gasteiger partial charge in [-0.15, -0.1) is 0 Å². The molecule has 2 nitrogen and oxygen atoms in total. The highest BCUT2D eigenvalue weighted by Gasteiger charge is 2.37. The lowest BCUT2D eigenvalue weighted by Gasteiger charge is -2.20. The second-order valence-corrected chi connectivity index (χ2v) is 4.91. The number of likely N-dealkylation sites (tertiary alicyclic amines) is 1. The van der Waals surface area contributed by atoms with Gasteiger partial charge in [-0.05, 0) is 18.4 Å². The van der Waals surface area contributed by atoms with E-state index >= 15 is 0 Å². The number of aliphatic hydroxyl groups is 1. The predicted octanol–water partition coefficient (Wildman–Crippen LogP) is 1.89. The van der Waals surface area contributed by atoms with Crippen LogP contribution >= 0.6 is 0 Å². The average molecular weight is 205 g/mol. The van der Waals surface area contributed by atoms with Crippen molar-refractivity contribution in [2.75, 3.05) is 13.1 Å². The average Bonchev–Trinajstić information content (AvgIpc) is 2.42. The van der Waals surface area contributed by atoms with E-state index in [9.17, 15) is 5.11 Å². The Balaban J connectivity index is 1.99. The third kappa shape index (κ3) is 2.39. The van der Waals surface area contributed by atoms with E-state index in [1.54, 1.807) is 0 Å². The highest BCUT2D eigenvalue weighted by Crippen LogP contribution is 2.27. The van der Waals surface area contributed by atoms with E-state index in [-0.39, 0.29) is 0 Å². The summed E-state index contributed by atoms with van der Waals surface area (Å²) in [5.74, 6) is 0.362. The summed E-state index contributed by atoms with van der Waals surface area (Å²) in [6.45, 7) is 6.76. The minimum atomic E-state index is -0.519. The summed E-state index contributed by atoms with van der Waals surface area (Å²) >= 11 is 0. The molecule has 1 aliphatic heterocycles.